The van der Waals surface area contributed by atoms with Gasteiger partial charge < -0.3 is 4.90 Å². The Kier molecular flexibility index (Phi) is 3.52. The van der Waals surface area contributed by atoms with Crippen molar-refractivity contribution < 1.29 is 9.18 Å². The van der Waals surface area contributed by atoms with Crippen molar-refractivity contribution in [1.29, 1.82) is 0 Å². The van der Waals surface area contributed by atoms with Gasteiger partial charge in [-0.15, -0.1) is 11.8 Å². The van der Waals surface area contributed by atoms with E-state index in [0.717, 1.165) is 36.1 Å². The number of carbonyl (C=O) groups is 1. The lowest BCUT2D eigenvalue weighted by atomic mass is 9.93. The van der Waals surface area contributed by atoms with Gasteiger partial charge in [-0.1, -0.05) is 6.07 Å². The number of hydrogen-bond donors (Lipinski definition) is 0. The van der Waals surface area contributed by atoms with E-state index in [2.05, 4.69) is 0 Å². The highest BCUT2D eigenvalue weighted by molar-refractivity contribution is 8.00. The van der Waals surface area contributed by atoms with Gasteiger partial charge in [-0.2, -0.15) is 0 Å². The average molecular weight is 279 g/mol. The van der Waals surface area contributed by atoms with E-state index in [1.165, 1.54) is 6.07 Å². The van der Waals surface area contributed by atoms with Gasteiger partial charge in [-0.3, -0.25) is 4.79 Å². The van der Waals surface area contributed by atoms with E-state index in [4.69, 9.17) is 0 Å². The van der Waals surface area contributed by atoms with Crippen LogP contribution in [0.3, 0.4) is 0 Å². The fourth-order valence-corrected chi connectivity index (χ4v) is 4.29. The Bertz CT molecular complexity index is 499. The Hall–Kier alpha value is -1.03. The molecule has 2 atom stereocenters. The second kappa shape index (κ2) is 5.16. The number of nitrogens with zero attached hydrogens (tertiary/aromatic N) is 1. The molecule has 0 aliphatic carbocycles. The van der Waals surface area contributed by atoms with Crippen molar-refractivity contribution in [1.82, 2.24) is 4.90 Å². The molecule has 0 bridgehead atoms. The standard InChI is InChI=1S/C15H18FNOS/c1-10-13-5-4-12(16)9-11(13)6-7-17(10)15(18)14-3-2-8-19-14/h4-5,9-10,14H,2-3,6-8H2,1H3. The van der Waals surface area contributed by atoms with Crippen LogP contribution in [0, 0.1) is 5.82 Å². The Balaban J connectivity index is 1.82. The van der Waals surface area contributed by atoms with Crippen molar-refractivity contribution >= 4 is 17.7 Å². The highest BCUT2D eigenvalue weighted by Crippen LogP contribution is 2.34. The van der Waals surface area contributed by atoms with Crippen molar-refractivity contribution in [2.75, 3.05) is 12.3 Å². The minimum atomic E-state index is -0.183. The molecular formula is C15H18FNOS. The van der Waals surface area contributed by atoms with E-state index < -0.39 is 0 Å². The van der Waals surface area contributed by atoms with Gasteiger partial charge in [-0.25, -0.2) is 4.39 Å². The van der Waals surface area contributed by atoms with Gasteiger partial charge in [-0.05, 0) is 55.2 Å². The Morgan fingerprint density at radius 1 is 1.47 bits per heavy atom. The predicted molar refractivity (Wildman–Crippen MR) is 75.7 cm³/mol. The summed E-state index contributed by atoms with van der Waals surface area (Å²) in [7, 11) is 0. The molecule has 1 aromatic rings. The van der Waals surface area contributed by atoms with E-state index in [0.29, 0.717) is 6.54 Å². The summed E-state index contributed by atoms with van der Waals surface area (Å²) in [6, 6.07) is 5.00. The summed E-state index contributed by atoms with van der Waals surface area (Å²) in [6.07, 6.45) is 2.91. The Labute approximate surface area is 117 Å². The highest BCUT2D eigenvalue weighted by Gasteiger charge is 2.33. The molecule has 0 spiro atoms. The van der Waals surface area contributed by atoms with E-state index in [1.54, 1.807) is 17.8 Å². The van der Waals surface area contributed by atoms with Crippen LogP contribution >= 0.6 is 11.8 Å². The van der Waals surface area contributed by atoms with Gasteiger partial charge >= 0.3 is 0 Å². The summed E-state index contributed by atoms with van der Waals surface area (Å²) < 4.78 is 13.2. The maximum atomic E-state index is 13.2. The van der Waals surface area contributed by atoms with Crippen LogP contribution < -0.4 is 0 Å². The summed E-state index contributed by atoms with van der Waals surface area (Å²) in [4.78, 5) is 14.5. The number of thioether (sulfide) groups is 1. The van der Waals surface area contributed by atoms with Crippen LogP contribution in [-0.4, -0.2) is 28.4 Å². The monoisotopic (exact) mass is 279 g/mol. The zero-order valence-electron chi connectivity index (χ0n) is 11.1. The molecule has 3 rings (SSSR count). The lowest BCUT2D eigenvalue weighted by Crippen LogP contribution is -2.42. The first-order chi connectivity index (χ1) is 9.16. The molecule has 1 amide bonds. The fraction of sp³-hybridized carbons (Fsp3) is 0.533. The molecular weight excluding hydrogens is 261 g/mol. The number of carbonyl (C=O) groups excluding carboxylic acids is 1. The number of hydrogen-bond acceptors (Lipinski definition) is 2. The quantitative estimate of drug-likeness (QED) is 0.787. The fourth-order valence-electron chi connectivity index (χ4n) is 3.06. The van der Waals surface area contributed by atoms with Crippen LogP contribution in [-0.2, 0) is 11.2 Å². The van der Waals surface area contributed by atoms with Crippen LogP contribution in [0.4, 0.5) is 4.39 Å². The number of halogens is 1. The molecule has 0 radical (unpaired) electrons. The third-order valence-corrected chi connectivity index (χ3v) is 5.50. The molecule has 0 aromatic heterocycles. The van der Waals surface area contributed by atoms with Crippen LogP contribution in [0.1, 0.15) is 36.9 Å². The molecule has 102 valence electrons. The molecule has 1 fully saturated rings. The maximum absolute atomic E-state index is 13.2. The third kappa shape index (κ3) is 2.38. The van der Waals surface area contributed by atoms with Crippen molar-refractivity contribution in [2.45, 2.75) is 37.5 Å². The smallest absolute Gasteiger partial charge is 0.236 e. The van der Waals surface area contributed by atoms with Crippen LogP contribution in [0.5, 0.6) is 0 Å². The largest absolute Gasteiger partial charge is 0.335 e. The van der Waals surface area contributed by atoms with Crippen LogP contribution in [0.2, 0.25) is 0 Å². The molecule has 2 aliphatic heterocycles. The zero-order valence-corrected chi connectivity index (χ0v) is 11.9. The van der Waals surface area contributed by atoms with Crippen molar-refractivity contribution in [3.8, 4) is 0 Å². The average Bonchev–Trinajstić information content (AvgIpc) is 2.92. The first-order valence-electron chi connectivity index (χ1n) is 6.87. The summed E-state index contributed by atoms with van der Waals surface area (Å²) in [5, 5.41) is 0.143. The van der Waals surface area contributed by atoms with Gasteiger partial charge in [0.2, 0.25) is 5.91 Å². The molecule has 4 heteroatoms. The molecule has 2 aliphatic rings. The number of fused-ring (bicyclic) bond motifs is 1. The van der Waals surface area contributed by atoms with E-state index in [-0.39, 0.29) is 23.0 Å². The second-order valence-corrected chi connectivity index (χ2v) is 6.61. The molecule has 2 nitrogen and oxygen atoms in total. The minimum Gasteiger partial charge on any atom is -0.335 e. The first kappa shape index (κ1) is 13.0. The van der Waals surface area contributed by atoms with Gasteiger partial charge in [0.15, 0.2) is 0 Å². The van der Waals surface area contributed by atoms with Crippen molar-refractivity contribution in [3.63, 3.8) is 0 Å². The third-order valence-electron chi connectivity index (χ3n) is 4.13. The number of amides is 1. The summed E-state index contributed by atoms with van der Waals surface area (Å²) in [5.74, 6) is 1.18. The van der Waals surface area contributed by atoms with Crippen LogP contribution in [0.15, 0.2) is 18.2 Å². The Morgan fingerprint density at radius 2 is 2.32 bits per heavy atom. The SMILES string of the molecule is CC1c2ccc(F)cc2CCN1C(=O)C1CCCS1. The summed E-state index contributed by atoms with van der Waals surface area (Å²) >= 11 is 1.78. The maximum Gasteiger partial charge on any atom is 0.236 e. The predicted octanol–water partition coefficient (Wildman–Crippen LogP) is 3.17. The molecule has 1 saturated heterocycles. The summed E-state index contributed by atoms with van der Waals surface area (Å²) in [6.45, 7) is 2.76. The molecule has 0 N–H and O–H groups in total. The lowest BCUT2D eigenvalue weighted by molar-refractivity contribution is -0.133. The van der Waals surface area contributed by atoms with Crippen molar-refractivity contribution in [3.05, 3.63) is 35.1 Å². The van der Waals surface area contributed by atoms with Gasteiger partial charge in [0.25, 0.3) is 0 Å². The lowest BCUT2D eigenvalue weighted by Gasteiger charge is -2.36. The Morgan fingerprint density at radius 3 is 3.05 bits per heavy atom. The van der Waals surface area contributed by atoms with Gasteiger partial charge in [0.1, 0.15) is 5.82 Å². The molecule has 1 aromatic carbocycles. The van der Waals surface area contributed by atoms with Crippen molar-refractivity contribution in [2.24, 2.45) is 0 Å². The molecule has 0 saturated carbocycles. The van der Waals surface area contributed by atoms with E-state index in [1.807, 2.05) is 17.9 Å². The number of rotatable bonds is 1. The molecule has 19 heavy (non-hydrogen) atoms. The topological polar surface area (TPSA) is 20.3 Å². The number of benzene rings is 1. The van der Waals surface area contributed by atoms with Gasteiger partial charge in [0, 0.05) is 6.54 Å². The van der Waals surface area contributed by atoms with Crippen LogP contribution in [0.25, 0.3) is 0 Å². The summed E-state index contributed by atoms with van der Waals surface area (Å²) in [5.41, 5.74) is 2.15. The van der Waals surface area contributed by atoms with E-state index in [9.17, 15) is 9.18 Å². The minimum absolute atomic E-state index is 0.0676. The van der Waals surface area contributed by atoms with E-state index >= 15 is 0 Å². The highest BCUT2D eigenvalue weighted by atomic mass is 32.2. The second-order valence-electron chi connectivity index (χ2n) is 5.30. The molecule has 2 unspecified atom stereocenters. The first-order valence-corrected chi connectivity index (χ1v) is 7.92. The zero-order chi connectivity index (χ0) is 13.4. The normalized spacial score (nSPS) is 26.3. The van der Waals surface area contributed by atoms with Gasteiger partial charge in [0.05, 0.1) is 11.3 Å². The molecule has 2 heterocycles.